The fourth-order valence-corrected chi connectivity index (χ4v) is 4.43. The number of ketones is 1. The molecule has 198 valence electrons. The molecule has 1 aromatic carbocycles. The number of rotatable bonds is 17. The molecule has 4 N–H and O–H groups in total. The van der Waals surface area contributed by atoms with E-state index in [1.54, 1.807) is 6.26 Å². The highest BCUT2D eigenvalue weighted by Gasteiger charge is 2.27. The molecule has 1 heterocycles. The number of hydrogen-bond acceptors (Lipinski definition) is 7. The van der Waals surface area contributed by atoms with Crippen molar-refractivity contribution in [3.63, 3.8) is 0 Å². The van der Waals surface area contributed by atoms with Crippen molar-refractivity contribution in [3.8, 4) is 0 Å². The van der Waals surface area contributed by atoms with Crippen LogP contribution in [0.1, 0.15) is 63.7 Å². The van der Waals surface area contributed by atoms with E-state index in [4.69, 9.17) is 14.9 Å². The van der Waals surface area contributed by atoms with Crippen LogP contribution in [-0.4, -0.2) is 41.7 Å². The third-order valence-corrected chi connectivity index (χ3v) is 6.57. The van der Waals surface area contributed by atoms with Crippen LogP contribution in [0.25, 0.3) is 0 Å². The zero-order valence-electron chi connectivity index (χ0n) is 21.2. The zero-order chi connectivity index (χ0) is 26.2. The summed E-state index contributed by atoms with van der Waals surface area (Å²) in [6, 6.07) is 11.6. The lowest BCUT2D eigenvalue weighted by atomic mass is 10.0. The minimum atomic E-state index is -0.820. The van der Waals surface area contributed by atoms with Crippen molar-refractivity contribution in [1.29, 1.82) is 0 Å². The molecule has 2 aromatic rings. The van der Waals surface area contributed by atoms with E-state index in [9.17, 15) is 14.4 Å². The minimum absolute atomic E-state index is 0.0104. The Hall–Kier alpha value is -2.78. The maximum absolute atomic E-state index is 13.2. The van der Waals surface area contributed by atoms with Crippen LogP contribution in [0.4, 0.5) is 4.79 Å². The van der Waals surface area contributed by atoms with Gasteiger partial charge in [-0.3, -0.25) is 9.59 Å². The van der Waals surface area contributed by atoms with Crippen molar-refractivity contribution in [2.24, 2.45) is 5.73 Å². The van der Waals surface area contributed by atoms with Crippen LogP contribution < -0.4 is 16.4 Å². The van der Waals surface area contributed by atoms with Crippen LogP contribution in [0.2, 0.25) is 0 Å². The highest BCUT2D eigenvalue weighted by atomic mass is 32.2. The molecule has 0 aliphatic carbocycles. The highest BCUT2D eigenvalue weighted by molar-refractivity contribution is 7.99. The number of ether oxygens (including phenoxy) is 1. The number of carbonyl (C=O) groups is 3. The number of carbonyl (C=O) groups excluding carboxylic acids is 3. The summed E-state index contributed by atoms with van der Waals surface area (Å²) < 4.78 is 10.6. The summed E-state index contributed by atoms with van der Waals surface area (Å²) in [5, 5.41) is 5.57. The van der Waals surface area contributed by atoms with Crippen LogP contribution in [0.5, 0.6) is 0 Å². The zero-order valence-corrected chi connectivity index (χ0v) is 22.1. The molecule has 2 amide bonds. The average Bonchev–Trinajstić information content (AvgIpc) is 3.38. The third-order valence-electron chi connectivity index (χ3n) is 5.59. The first kappa shape index (κ1) is 29.5. The summed E-state index contributed by atoms with van der Waals surface area (Å²) in [5.74, 6) is 1.21. The Morgan fingerprint density at radius 1 is 1.00 bits per heavy atom. The van der Waals surface area contributed by atoms with E-state index >= 15 is 0 Å². The lowest BCUT2D eigenvalue weighted by molar-refractivity contribution is -0.128. The summed E-state index contributed by atoms with van der Waals surface area (Å²) in [6.07, 6.45) is 4.95. The molecule has 9 heteroatoms. The van der Waals surface area contributed by atoms with Crippen molar-refractivity contribution in [3.05, 3.63) is 60.1 Å². The smallest absolute Gasteiger partial charge is 0.408 e. The number of furan rings is 1. The molecule has 8 nitrogen and oxygen atoms in total. The lowest BCUT2D eigenvalue weighted by Crippen LogP contribution is -2.52. The molecule has 0 saturated carbocycles. The van der Waals surface area contributed by atoms with Crippen molar-refractivity contribution in [2.45, 2.75) is 82.9 Å². The van der Waals surface area contributed by atoms with Crippen molar-refractivity contribution < 1.29 is 23.5 Å². The molecule has 1 unspecified atom stereocenters. The van der Waals surface area contributed by atoms with Gasteiger partial charge in [-0.05, 0) is 50.3 Å². The molecule has 0 bridgehead atoms. The quantitative estimate of drug-likeness (QED) is 0.281. The molecule has 2 rings (SSSR count). The Morgan fingerprint density at radius 2 is 1.75 bits per heavy atom. The number of nitrogens with one attached hydrogen (secondary N) is 2. The number of hydrogen-bond donors (Lipinski definition) is 3. The molecule has 0 fully saturated rings. The number of alkyl carbamates (subject to hydrolysis) is 1. The molecule has 1 aromatic heterocycles. The predicted octanol–water partition coefficient (Wildman–Crippen LogP) is 4.57. The minimum Gasteiger partial charge on any atom is -0.468 e. The van der Waals surface area contributed by atoms with Gasteiger partial charge in [-0.25, -0.2) is 4.79 Å². The molecule has 0 saturated heterocycles. The summed E-state index contributed by atoms with van der Waals surface area (Å²) >= 11 is 1.45. The Kier molecular flexibility index (Phi) is 13.8. The predicted molar refractivity (Wildman–Crippen MR) is 142 cm³/mol. The molecule has 0 radical (unpaired) electrons. The number of Topliss-reactive ketones (excluding diaryl/α,β-unsaturated/α-hetero) is 1. The van der Waals surface area contributed by atoms with Gasteiger partial charge >= 0.3 is 6.09 Å². The summed E-state index contributed by atoms with van der Waals surface area (Å²) in [7, 11) is 0. The second kappa shape index (κ2) is 16.8. The molecular weight excluding hydrogens is 478 g/mol. The second-order valence-electron chi connectivity index (χ2n) is 8.91. The number of thioether (sulfide) groups is 1. The van der Waals surface area contributed by atoms with Crippen LogP contribution in [0.15, 0.2) is 53.1 Å². The SMILES string of the molecule is CCCC[C@H](NC(=O)[C@H](CCCC(C)N)NC(=O)OCc1ccccc1)C(=O)CSCc1ccco1. The summed E-state index contributed by atoms with van der Waals surface area (Å²) in [4.78, 5) is 38.6. The fourth-order valence-electron chi connectivity index (χ4n) is 3.56. The largest absolute Gasteiger partial charge is 0.468 e. The van der Waals surface area contributed by atoms with E-state index in [1.165, 1.54) is 11.8 Å². The van der Waals surface area contributed by atoms with Crippen molar-refractivity contribution in [2.75, 3.05) is 5.75 Å². The van der Waals surface area contributed by atoms with E-state index in [1.807, 2.05) is 56.3 Å². The van der Waals surface area contributed by atoms with E-state index in [2.05, 4.69) is 10.6 Å². The molecule has 3 atom stereocenters. The first-order valence-corrected chi connectivity index (χ1v) is 13.7. The van der Waals surface area contributed by atoms with Crippen LogP contribution in [0, 0.1) is 0 Å². The summed E-state index contributed by atoms with van der Waals surface area (Å²) in [6.45, 7) is 4.04. The van der Waals surface area contributed by atoms with Gasteiger partial charge in [0.15, 0.2) is 5.78 Å². The van der Waals surface area contributed by atoms with Gasteiger partial charge in [-0.15, -0.1) is 11.8 Å². The lowest BCUT2D eigenvalue weighted by Gasteiger charge is -2.23. The molecule has 0 aliphatic heterocycles. The van der Waals surface area contributed by atoms with Gasteiger partial charge in [0.1, 0.15) is 18.4 Å². The van der Waals surface area contributed by atoms with Gasteiger partial charge < -0.3 is 25.5 Å². The van der Waals surface area contributed by atoms with E-state index < -0.39 is 18.2 Å². The number of unbranched alkanes of at least 4 members (excludes halogenated alkanes) is 1. The molecule has 0 spiro atoms. The summed E-state index contributed by atoms with van der Waals surface area (Å²) in [5.41, 5.74) is 6.71. The highest BCUT2D eigenvalue weighted by Crippen LogP contribution is 2.15. The number of nitrogens with two attached hydrogens (primary N) is 1. The second-order valence-corrected chi connectivity index (χ2v) is 9.89. The van der Waals surface area contributed by atoms with Crippen LogP contribution in [0.3, 0.4) is 0 Å². The monoisotopic (exact) mass is 517 g/mol. The molecule has 36 heavy (non-hydrogen) atoms. The van der Waals surface area contributed by atoms with Crippen molar-refractivity contribution in [1.82, 2.24) is 10.6 Å². The number of benzene rings is 1. The first-order valence-electron chi connectivity index (χ1n) is 12.5. The maximum atomic E-state index is 13.2. The maximum Gasteiger partial charge on any atom is 0.408 e. The molecule has 0 aliphatic rings. The van der Waals surface area contributed by atoms with Crippen molar-refractivity contribution >= 4 is 29.5 Å². The van der Waals surface area contributed by atoms with Gasteiger partial charge in [0, 0.05) is 6.04 Å². The topological polar surface area (TPSA) is 124 Å². The average molecular weight is 518 g/mol. The van der Waals surface area contributed by atoms with Gasteiger partial charge in [-0.2, -0.15) is 0 Å². The first-order chi connectivity index (χ1) is 17.4. The molecular formula is C27H39N3O5S. The number of amides is 2. The normalized spacial score (nSPS) is 13.4. The van der Waals surface area contributed by atoms with Gasteiger partial charge in [0.05, 0.1) is 23.8 Å². The Morgan fingerprint density at radius 3 is 2.42 bits per heavy atom. The van der Waals surface area contributed by atoms with E-state index in [0.29, 0.717) is 31.4 Å². The Bertz CT molecular complexity index is 905. The van der Waals surface area contributed by atoms with E-state index in [0.717, 1.165) is 24.2 Å². The Labute approximate surface area is 218 Å². The Balaban J connectivity index is 1.96. The third kappa shape index (κ3) is 11.8. The standard InChI is InChI=1S/C27H39N3O5S/c1-3-4-14-23(25(31)19-36-18-22-13-9-16-34-22)29-26(32)24(15-8-10-20(2)28)30-27(33)35-17-21-11-6-5-7-12-21/h5-7,9,11-13,16,20,23-24H,3-4,8,10,14-15,17-19,28H2,1-2H3,(H,29,32)(H,30,33)/t20?,23-,24-/m0/s1. The van der Waals surface area contributed by atoms with Gasteiger partial charge in [-0.1, -0.05) is 50.1 Å². The fraction of sp³-hybridized carbons (Fsp3) is 0.519. The van der Waals surface area contributed by atoms with Crippen LogP contribution in [-0.2, 0) is 26.7 Å². The van der Waals surface area contributed by atoms with Crippen LogP contribution >= 0.6 is 11.8 Å². The van der Waals surface area contributed by atoms with Gasteiger partial charge in [0.25, 0.3) is 0 Å². The van der Waals surface area contributed by atoms with E-state index in [-0.39, 0.29) is 30.1 Å². The van der Waals surface area contributed by atoms with Gasteiger partial charge in [0.2, 0.25) is 5.91 Å².